The molecule has 0 bridgehead atoms. The average molecular weight is 361 g/mol. The minimum atomic E-state index is -4.46. The van der Waals surface area contributed by atoms with Crippen LogP contribution in [0.3, 0.4) is 0 Å². The third-order valence-electron chi connectivity index (χ3n) is 5.20. The van der Waals surface area contributed by atoms with Crippen LogP contribution in [-0.2, 0) is 6.18 Å². The Morgan fingerprint density at radius 1 is 1.15 bits per heavy atom. The highest BCUT2D eigenvalue weighted by Crippen LogP contribution is 2.31. The van der Waals surface area contributed by atoms with Gasteiger partial charge in [0.25, 0.3) is 5.91 Å². The van der Waals surface area contributed by atoms with E-state index in [4.69, 9.17) is 0 Å². The number of likely N-dealkylation sites (tertiary alicyclic amines) is 1. The van der Waals surface area contributed by atoms with Crippen LogP contribution >= 0.6 is 0 Å². The second kappa shape index (κ2) is 6.39. The Labute approximate surface area is 149 Å². The Balaban J connectivity index is 1.58. The number of benzene rings is 1. The normalized spacial score (nSPS) is 22.5. The summed E-state index contributed by atoms with van der Waals surface area (Å²) >= 11 is 0. The maximum absolute atomic E-state index is 12.9. The number of nitrogens with zero attached hydrogens (tertiary/aromatic N) is 2. The molecule has 0 aliphatic carbocycles. The van der Waals surface area contributed by atoms with Crippen molar-refractivity contribution in [3.8, 4) is 11.1 Å². The minimum Gasteiger partial charge on any atom is -0.334 e. The largest absolute Gasteiger partial charge is 0.433 e. The molecule has 0 saturated carbocycles. The minimum absolute atomic E-state index is 0.0251. The zero-order chi connectivity index (χ0) is 18.3. The summed E-state index contributed by atoms with van der Waals surface area (Å²) < 4.78 is 38.0. The van der Waals surface area contributed by atoms with Crippen LogP contribution in [0.1, 0.15) is 22.5 Å². The second-order valence-electron chi connectivity index (χ2n) is 6.78. The molecule has 7 heteroatoms. The van der Waals surface area contributed by atoms with E-state index in [9.17, 15) is 18.0 Å². The van der Waals surface area contributed by atoms with Gasteiger partial charge in [-0.2, -0.15) is 13.2 Å². The van der Waals surface area contributed by atoms with E-state index in [1.807, 2.05) is 4.90 Å². The highest BCUT2D eigenvalue weighted by atomic mass is 19.4. The van der Waals surface area contributed by atoms with E-state index < -0.39 is 11.9 Å². The molecule has 1 N–H and O–H groups in total. The number of aromatic nitrogens is 1. The summed E-state index contributed by atoms with van der Waals surface area (Å²) in [6.45, 7) is 2.52. The standard InChI is InChI=1S/C19H18F3N3O/c20-19(21,22)17-5-4-14(10-24-17)12-2-1-3-13(8-12)18(26)25-7-6-15-9-23-11-16(15)25/h1-5,8,10,15-16,23H,6-7,9,11H2/t15-,16+/m0/s1. The van der Waals surface area contributed by atoms with Gasteiger partial charge < -0.3 is 10.2 Å². The average Bonchev–Trinajstić information content (AvgIpc) is 3.24. The molecule has 26 heavy (non-hydrogen) atoms. The fourth-order valence-corrected chi connectivity index (χ4v) is 3.83. The maximum Gasteiger partial charge on any atom is 0.433 e. The number of fused-ring (bicyclic) bond motifs is 1. The summed E-state index contributed by atoms with van der Waals surface area (Å²) in [6.07, 6.45) is -2.26. The van der Waals surface area contributed by atoms with Gasteiger partial charge in [0.05, 0.1) is 0 Å². The lowest BCUT2D eigenvalue weighted by atomic mass is 10.0. The van der Waals surface area contributed by atoms with Gasteiger partial charge in [0.2, 0.25) is 0 Å². The summed E-state index contributed by atoms with van der Waals surface area (Å²) in [6, 6.07) is 9.57. The SMILES string of the molecule is O=C(c1cccc(-c2ccc(C(F)(F)F)nc2)c1)N1CC[C@H]2CNC[C@H]21. The Morgan fingerprint density at radius 3 is 2.73 bits per heavy atom. The third kappa shape index (κ3) is 3.07. The van der Waals surface area contributed by atoms with Gasteiger partial charge in [-0.25, -0.2) is 0 Å². The van der Waals surface area contributed by atoms with Crippen LogP contribution in [0.2, 0.25) is 0 Å². The van der Waals surface area contributed by atoms with Crippen LogP contribution < -0.4 is 5.32 Å². The molecule has 2 fully saturated rings. The lowest BCUT2D eigenvalue weighted by molar-refractivity contribution is -0.141. The van der Waals surface area contributed by atoms with Gasteiger partial charge in [0.15, 0.2) is 0 Å². The molecule has 2 atom stereocenters. The van der Waals surface area contributed by atoms with Crippen LogP contribution in [0.25, 0.3) is 11.1 Å². The topological polar surface area (TPSA) is 45.2 Å². The molecule has 1 aromatic heterocycles. The zero-order valence-electron chi connectivity index (χ0n) is 14.0. The van der Waals surface area contributed by atoms with Crippen molar-refractivity contribution in [3.05, 3.63) is 53.9 Å². The van der Waals surface area contributed by atoms with Crippen molar-refractivity contribution in [3.63, 3.8) is 0 Å². The van der Waals surface area contributed by atoms with Crippen molar-refractivity contribution in [2.75, 3.05) is 19.6 Å². The van der Waals surface area contributed by atoms with Crippen LogP contribution in [0.4, 0.5) is 13.2 Å². The molecule has 1 aromatic carbocycles. The molecule has 0 radical (unpaired) electrons. The van der Waals surface area contributed by atoms with Crippen molar-refractivity contribution < 1.29 is 18.0 Å². The van der Waals surface area contributed by atoms with Gasteiger partial charge in [-0.05, 0) is 36.1 Å². The summed E-state index contributed by atoms with van der Waals surface area (Å²) in [5.41, 5.74) is 0.854. The molecule has 0 spiro atoms. The van der Waals surface area contributed by atoms with Crippen molar-refractivity contribution >= 4 is 5.91 Å². The van der Waals surface area contributed by atoms with Crippen molar-refractivity contribution in [1.29, 1.82) is 0 Å². The number of hydrogen-bond donors (Lipinski definition) is 1. The summed E-state index contributed by atoms with van der Waals surface area (Å²) in [5.74, 6) is 0.490. The Bertz CT molecular complexity index is 820. The number of carbonyl (C=O) groups excluding carboxylic acids is 1. The van der Waals surface area contributed by atoms with Gasteiger partial charge in [-0.3, -0.25) is 9.78 Å². The molecule has 2 aliphatic rings. The van der Waals surface area contributed by atoms with Crippen LogP contribution in [0, 0.1) is 5.92 Å². The fourth-order valence-electron chi connectivity index (χ4n) is 3.83. The summed E-state index contributed by atoms with van der Waals surface area (Å²) in [7, 11) is 0. The molecular weight excluding hydrogens is 343 g/mol. The monoisotopic (exact) mass is 361 g/mol. The Kier molecular flexibility index (Phi) is 4.19. The van der Waals surface area contributed by atoms with E-state index in [2.05, 4.69) is 10.3 Å². The Hall–Kier alpha value is -2.41. The first-order chi connectivity index (χ1) is 12.4. The lowest BCUT2D eigenvalue weighted by Gasteiger charge is -2.23. The number of nitrogens with one attached hydrogen (secondary N) is 1. The van der Waals surface area contributed by atoms with E-state index in [0.717, 1.165) is 32.1 Å². The van der Waals surface area contributed by atoms with E-state index in [1.54, 1.807) is 24.3 Å². The van der Waals surface area contributed by atoms with Crippen molar-refractivity contribution in [2.24, 2.45) is 5.92 Å². The smallest absolute Gasteiger partial charge is 0.334 e. The van der Waals surface area contributed by atoms with Gasteiger partial charge in [-0.15, -0.1) is 0 Å². The Morgan fingerprint density at radius 2 is 2.00 bits per heavy atom. The predicted molar refractivity (Wildman–Crippen MR) is 90.5 cm³/mol. The second-order valence-corrected chi connectivity index (χ2v) is 6.78. The van der Waals surface area contributed by atoms with Gasteiger partial charge in [0.1, 0.15) is 5.69 Å². The number of hydrogen-bond acceptors (Lipinski definition) is 3. The van der Waals surface area contributed by atoms with Crippen LogP contribution in [-0.4, -0.2) is 41.5 Å². The van der Waals surface area contributed by atoms with Gasteiger partial charge >= 0.3 is 6.18 Å². The molecule has 2 aliphatic heterocycles. The van der Waals surface area contributed by atoms with E-state index in [1.165, 1.54) is 12.3 Å². The fraction of sp³-hybridized carbons (Fsp3) is 0.368. The molecule has 136 valence electrons. The summed E-state index contributed by atoms with van der Waals surface area (Å²) in [5, 5.41) is 3.32. The van der Waals surface area contributed by atoms with Gasteiger partial charge in [0, 0.05) is 43.0 Å². The van der Waals surface area contributed by atoms with Gasteiger partial charge in [-0.1, -0.05) is 18.2 Å². The van der Waals surface area contributed by atoms with E-state index >= 15 is 0 Å². The first kappa shape index (κ1) is 17.0. The zero-order valence-corrected chi connectivity index (χ0v) is 14.0. The highest BCUT2D eigenvalue weighted by Gasteiger charge is 2.40. The number of halogens is 3. The van der Waals surface area contributed by atoms with E-state index in [-0.39, 0.29) is 11.9 Å². The summed E-state index contributed by atoms with van der Waals surface area (Å²) in [4.78, 5) is 18.3. The number of amides is 1. The molecule has 1 amide bonds. The number of pyridine rings is 1. The molecule has 3 heterocycles. The predicted octanol–water partition coefficient (Wildman–Crippen LogP) is 3.20. The van der Waals surface area contributed by atoms with Crippen LogP contribution in [0.15, 0.2) is 42.6 Å². The van der Waals surface area contributed by atoms with E-state index in [0.29, 0.717) is 22.6 Å². The molecule has 4 nitrogen and oxygen atoms in total. The molecule has 4 rings (SSSR count). The quantitative estimate of drug-likeness (QED) is 0.894. The maximum atomic E-state index is 12.9. The molecule has 2 saturated heterocycles. The van der Waals surface area contributed by atoms with Crippen LogP contribution in [0.5, 0.6) is 0 Å². The molecule has 0 unspecified atom stereocenters. The first-order valence-corrected chi connectivity index (χ1v) is 8.59. The lowest BCUT2D eigenvalue weighted by Crippen LogP contribution is -2.39. The number of carbonyl (C=O) groups is 1. The van der Waals surface area contributed by atoms with Crippen molar-refractivity contribution in [1.82, 2.24) is 15.2 Å². The first-order valence-electron chi connectivity index (χ1n) is 8.59. The molecule has 2 aromatic rings. The van der Waals surface area contributed by atoms with Crippen molar-refractivity contribution in [2.45, 2.75) is 18.6 Å². The number of rotatable bonds is 2. The third-order valence-corrected chi connectivity index (χ3v) is 5.20. The molecular formula is C19H18F3N3O. The highest BCUT2D eigenvalue weighted by molar-refractivity contribution is 5.96. The number of alkyl halides is 3.